The second kappa shape index (κ2) is 5.77. The Kier molecular flexibility index (Phi) is 4.23. The summed E-state index contributed by atoms with van der Waals surface area (Å²) >= 11 is 5.92. The Hall–Kier alpha value is -2.01. The number of carbonyl (C=O) groups excluding carboxylic acids is 2. The van der Waals surface area contributed by atoms with Gasteiger partial charge in [0.2, 0.25) is 0 Å². The van der Waals surface area contributed by atoms with Gasteiger partial charge in [-0.3, -0.25) is 0 Å². The quantitative estimate of drug-likeness (QED) is 0.851. The lowest BCUT2D eigenvalue weighted by atomic mass is 10.1. The zero-order valence-corrected chi connectivity index (χ0v) is 12.8. The lowest BCUT2D eigenvalue weighted by Gasteiger charge is -2.21. The molecular weight excluding hydrogens is 292 g/mol. The number of rotatable bonds is 3. The van der Waals surface area contributed by atoms with Crippen LogP contribution in [0, 0.1) is 0 Å². The van der Waals surface area contributed by atoms with E-state index in [2.05, 4.69) is 10.3 Å². The first-order valence-corrected chi connectivity index (χ1v) is 6.89. The fourth-order valence-corrected chi connectivity index (χ4v) is 2.17. The van der Waals surface area contributed by atoms with Crippen LogP contribution in [-0.4, -0.2) is 23.0 Å². The smallest absolute Gasteiger partial charge is 0.408 e. The highest BCUT2D eigenvalue weighted by Crippen LogP contribution is 2.26. The number of aromatic nitrogens is 1. The molecule has 0 aliphatic heterocycles. The van der Waals surface area contributed by atoms with E-state index in [4.69, 9.17) is 16.3 Å². The molecule has 21 heavy (non-hydrogen) atoms. The molecule has 2 N–H and O–H groups in total. The van der Waals surface area contributed by atoms with Crippen LogP contribution in [0.4, 0.5) is 4.79 Å². The molecule has 0 radical (unpaired) electrons. The standard InChI is InChI=1S/C15H17ClN2O3/c1-15(2,3)21-14(20)18-13(8-19)11-7-17-12-6-9(16)4-5-10(11)12/h4-8,13,17H,1-3H3,(H,18,20). The van der Waals surface area contributed by atoms with E-state index in [9.17, 15) is 9.59 Å². The average molecular weight is 309 g/mol. The van der Waals surface area contributed by atoms with Gasteiger partial charge in [-0.05, 0) is 32.9 Å². The summed E-state index contributed by atoms with van der Waals surface area (Å²) < 4.78 is 5.16. The maximum atomic E-state index is 11.8. The van der Waals surface area contributed by atoms with Crippen LogP contribution >= 0.6 is 11.6 Å². The number of ether oxygens (including phenoxy) is 1. The van der Waals surface area contributed by atoms with Crippen molar-refractivity contribution in [1.82, 2.24) is 10.3 Å². The lowest BCUT2D eigenvalue weighted by molar-refractivity contribution is -0.109. The van der Waals surface area contributed by atoms with Crippen LogP contribution < -0.4 is 5.32 Å². The van der Waals surface area contributed by atoms with Gasteiger partial charge in [0.25, 0.3) is 0 Å². The molecule has 0 spiro atoms. The van der Waals surface area contributed by atoms with E-state index in [1.165, 1.54) is 0 Å². The summed E-state index contributed by atoms with van der Waals surface area (Å²) in [5.41, 5.74) is 0.850. The minimum Gasteiger partial charge on any atom is -0.444 e. The number of aromatic amines is 1. The van der Waals surface area contributed by atoms with Crippen molar-refractivity contribution in [1.29, 1.82) is 0 Å². The Morgan fingerprint density at radius 2 is 2.14 bits per heavy atom. The fourth-order valence-electron chi connectivity index (χ4n) is 2.00. The number of hydrogen-bond donors (Lipinski definition) is 2. The Bertz CT molecular complexity index is 673. The highest BCUT2D eigenvalue weighted by Gasteiger charge is 2.22. The molecule has 0 aliphatic carbocycles. The third-order valence-corrected chi connectivity index (χ3v) is 3.05. The molecule has 1 amide bonds. The molecule has 1 heterocycles. The number of nitrogens with one attached hydrogen (secondary N) is 2. The molecule has 1 aromatic heterocycles. The molecule has 0 bridgehead atoms. The Morgan fingerprint density at radius 1 is 1.43 bits per heavy atom. The summed E-state index contributed by atoms with van der Waals surface area (Å²) in [5.74, 6) is 0. The van der Waals surface area contributed by atoms with Crippen molar-refractivity contribution in [3.8, 4) is 0 Å². The van der Waals surface area contributed by atoms with Gasteiger partial charge < -0.3 is 19.8 Å². The van der Waals surface area contributed by atoms with Crippen LogP contribution in [0.15, 0.2) is 24.4 Å². The number of H-pyrrole nitrogens is 1. The van der Waals surface area contributed by atoms with Crippen molar-refractivity contribution in [2.24, 2.45) is 0 Å². The Balaban J connectivity index is 2.24. The van der Waals surface area contributed by atoms with Crippen molar-refractivity contribution in [2.75, 3.05) is 0 Å². The lowest BCUT2D eigenvalue weighted by Crippen LogP contribution is -2.35. The monoisotopic (exact) mass is 308 g/mol. The summed E-state index contributed by atoms with van der Waals surface area (Å²) in [4.78, 5) is 26.1. The number of fused-ring (bicyclic) bond motifs is 1. The Labute approximate surface area is 127 Å². The van der Waals surface area contributed by atoms with Crippen LogP contribution in [-0.2, 0) is 9.53 Å². The molecule has 5 nitrogen and oxygen atoms in total. The Morgan fingerprint density at radius 3 is 2.76 bits per heavy atom. The number of amides is 1. The van der Waals surface area contributed by atoms with Crippen molar-refractivity contribution in [3.63, 3.8) is 0 Å². The molecule has 1 atom stereocenters. The van der Waals surface area contributed by atoms with Crippen molar-refractivity contribution in [3.05, 3.63) is 35.0 Å². The number of benzene rings is 1. The third-order valence-electron chi connectivity index (χ3n) is 2.82. The van der Waals surface area contributed by atoms with E-state index in [0.29, 0.717) is 16.9 Å². The summed E-state index contributed by atoms with van der Waals surface area (Å²) in [5, 5.41) is 3.97. The van der Waals surface area contributed by atoms with Crippen LogP contribution in [0.3, 0.4) is 0 Å². The van der Waals surface area contributed by atoms with Gasteiger partial charge in [-0.1, -0.05) is 17.7 Å². The highest BCUT2D eigenvalue weighted by molar-refractivity contribution is 6.31. The van der Waals surface area contributed by atoms with E-state index < -0.39 is 17.7 Å². The van der Waals surface area contributed by atoms with Crippen LogP contribution in [0.2, 0.25) is 5.02 Å². The second-order valence-electron chi connectivity index (χ2n) is 5.69. The van der Waals surface area contributed by atoms with Gasteiger partial charge in [-0.2, -0.15) is 0 Å². The molecule has 0 saturated carbocycles. The number of carbonyl (C=O) groups is 2. The minimum absolute atomic E-state index is 0.596. The second-order valence-corrected chi connectivity index (χ2v) is 6.13. The number of alkyl carbamates (subject to hydrolysis) is 1. The van der Waals surface area contributed by atoms with Gasteiger partial charge in [0.15, 0.2) is 0 Å². The van der Waals surface area contributed by atoms with E-state index in [1.54, 1.807) is 45.2 Å². The first-order valence-electron chi connectivity index (χ1n) is 6.51. The maximum absolute atomic E-state index is 11.8. The van der Waals surface area contributed by atoms with Crippen LogP contribution in [0.25, 0.3) is 10.9 Å². The molecular formula is C15H17ClN2O3. The molecule has 2 aromatic rings. The van der Waals surface area contributed by atoms with E-state index >= 15 is 0 Å². The van der Waals surface area contributed by atoms with Gasteiger partial charge in [0.05, 0.1) is 0 Å². The minimum atomic E-state index is -0.783. The van der Waals surface area contributed by atoms with Crippen molar-refractivity contribution < 1.29 is 14.3 Å². The zero-order chi connectivity index (χ0) is 15.6. The molecule has 0 fully saturated rings. The molecule has 6 heteroatoms. The summed E-state index contributed by atoms with van der Waals surface area (Å²) in [6, 6.07) is 4.51. The van der Waals surface area contributed by atoms with Gasteiger partial charge in [-0.25, -0.2) is 4.79 Å². The normalized spacial score (nSPS) is 13.0. The topological polar surface area (TPSA) is 71.2 Å². The summed E-state index contributed by atoms with van der Waals surface area (Å²) in [6.45, 7) is 5.28. The summed E-state index contributed by atoms with van der Waals surface area (Å²) in [7, 11) is 0. The molecule has 0 saturated heterocycles. The zero-order valence-electron chi connectivity index (χ0n) is 12.1. The van der Waals surface area contributed by atoms with E-state index in [1.807, 2.05) is 0 Å². The van der Waals surface area contributed by atoms with E-state index in [-0.39, 0.29) is 0 Å². The molecule has 2 rings (SSSR count). The van der Waals surface area contributed by atoms with Gasteiger partial charge in [-0.15, -0.1) is 0 Å². The van der Waals surface area contributed by atoms with Crippen molar-refractivity contribution in [2.45, 2.75) is 32.4 Å². The maximum Gasteiger partial charge on any atom is 0.408 e. The highest BCUT2D eigenvalue weighted by atomic mass is 35.5. The molecule has 1 aromatic carbocycles. The third kappa shape index (κ3) is 3.76. The van der Waals surface area contributed by atoms with Crippen molar-refractivity contribution >= 4 is 34.9 Å². The molecule has 112 valence electrons. The number of aldehydes is 1. The fraction of sp³-hybridized carbons (Fsp3) is 0.333. The number of hydrogen-bond acceptors (Lipinski definition) is 3. The largest absolute Gasteiger partial charge is 0.444 e. The summed E-state index contributed by atoms with van der Waals surface area (Å²) in [6.07, 6.45) is 1.71. The number of halogens is 1. The SMILES string of the molecule is CC(C)(C)OC(=O)NC(C=O)c1c[nH]c2cc(Cl)ccc12. The molecule has 0 aliphatic rings. The van der Waals surface area contributed by atoms with Gasteiger partial charge >= 0.3 is 6.09 Å². The first-order chi connectivity index (χ1) is 9.80. The molecule has 1 unspecified atom stereocenters. The first kappa shape index (κ1) is 15.4. The predicted molar refractivity (Wildman–Crippen MR) is 81.5 cm³/mol. The predicted octanol–water partition coefficient (Wildman–Crippen LogP) is 3.59. The van der Waals surface area contributed by atoms with Gasteiger partial charge in [0.1, 0.15) is 17.9 Å². The van der Waals surface area contributed by atoms with Gasteiger partial charge in [0, 0.05) is 27.7 Å². The van der Waals surface area contributed by atoms with E-state index in [0.717, 1.165) is 10.9 Å². The van der Waals surface area contributed by atoms with Crippen LogP contribution in [0.1, 0.15) is 32.4 Å². The van der Waals surface area contributed by atoms with Crippen LogP contribution in [0.5, 0.6) is 0 Å². The average Bonchev–Trinajstić information content (AvgIpc) is 2.76.